The summed E-state index contributed by atoms with van der Waals surface area (Å²) < 4.78 is 0. The van der Waals surface area contributed by atoms with E-state index in [0.717, 1.165) is 0 Å². The van der Waals surface area contributed by atoms with Crippen LogP contribution in [0.2, 0.25) is 0 Å². The standard InChI is InChI=1S/4BrH.V/h4*1H;. The third-order valence-corrected chi connectivity index (χ3v) is 0. The van der Waals surface area contributed by atoms with Crippen LogP contribution < -0.4 is 0 Å². The van der Waals surface area contributed by atoms with Crippen molar-refractivity contribution < 1.29 is 18.6 Å². The van der Waals surface area contributed by atoms with Crippen LogP contribution in [0.1, 0.15) is 0 Å². The SMILES string of the molecule is Br.Br.Br.Br.[V]. The molecule has 0 rings (SSSR count). The van der Waals surface area contributed by atoms with Gasteiger partial charge in [0.05, 0.1) is 0 Å². The van der Waals surface area contributed by atoms with Crippen molar-refractivity contribution in [3.63, 3.8) is 0 Å². The zero-order valence-corrected chi connectivity index (χ0v) is 10.3. The summed E-state index contributed by atoms with van der Waals surface area (Å²) in [6.07, 6.45) is 0. The minimum absolute atomic E-state index is 0. The van der Waals surface area contributed by atoms with Crippen LogP contribution in [0, 0.1) is 0 Å². The summed E-state index contributed by atoms with van der Waals surface area (Å²) in [5.41, 5.74) is 0. The van der Waals surface area contributed by atoms with Crippen LogP contribution in [0.5, 0.6) is 0 Å². The first-order valence-corrected chi connectivity index (χ1v) is 0. The molecule has 0 N–H and O–H groups in total. The Bertz CT molecular complexity index is 3.61. The molecule has 0 bridgehead atoms. The van der Waals surface area contributed by atoms with Gasteiger partial charge in [0.1, 0.15) is 0 Å². The van der Waals surface area contributed by atoms with E-state index in [1.165, 1.54) is 0 Å². The van der Waals surface area contributed by atoms with E-state index >= 15 is 0 Å². The summed E-state index contributed by atoms with van der Waals surface area (Å²) in [5, 5.41) is 0. The van der Waals surface area contributed by atoms with Crippen LogP contribution in [0.3, 0.4) is 0 Å². The fourth-order valence-electron chi connectivity index (χ4n) is 0. The molecule has 0 aliphatic rings. The Morgan fingerprint density at radius 3 is 0.400 bits per heavy atom. The van der Waals surface area contributed by atoms with Crippen LogP contribution >= 0.6 is 67.9 Å². The van der Waals surface area contributed by atoms with Crippen molar-refractivity contribution in [2.75, 3.05) is 0 Å². The molecule has 0 heterocycles. The van der Waals surface area contributed by atoms with Crippen molar-refractivity contribution in [3.8, 4) is 0 Å². The second-order valence-corrected chi connectivity index (χ2v) is 0. The first kappa shape index (κ1) is 50.6. The second-order valence-electron chi connectivity index (χ2n) is 0. The van der Waals surface area contributed by atoms with Crippen molar-refractivity contribution >= 4 is 67.9 Å². The third kappa shape index (κ3) is 21.0. The molecule has 0 aromatic heterocycles. The molecule has 0 unspecified atom stereocenters. The maximum atomic E-state index is 0. The average molecular weight is 375 g/mol. The van der Waals surface area contributed by atoms with Crippen LogP contribution in [0.25, 0.3) is 0 Å². The minimum Gasteiger partial charge on any atom is -0.114 e. The predicted octanol–water partition coefficient (Wildman–Crippen LogP) is 2.31. The Labute approximate surface area is 85.4 Å². The van der Waals surface area contributed by atoms with Crippen LogP contribution in [-0.4, -0.2) is 0 Å². The smallest absolute Gasteiger partial charge is 0 e. The fraction of sp³-hybridized carbons (Fsp3) is 0. The van der Waals surface area contributed by atoms with Crippen LogP contribution in [0.15, 0.2) is 0 Å². The molecule has 0 aromatic carbocycles. The van der Waals surface area contributed by atoms with Crippen molar-refractivity contribution in [2.45, 2.75) is 0 Å². The molecule has 0 saturated heterocycles. The van der Waals surface area contributed by atoms with Gasteiger partial charge in [-0.25, -0.2) is 0 Å². The Hall–Kier alpha value is 2.50. The van der Waals surface area contributed by atoms with Gasteiger partial charge in [0.2, 0.25) is 0 Å². The van der Waals surface area contributed by atoms with E-state index in [9.17, 15) is 0 Å². The largest absolute Gasteiger partial charge is 0.114 e. The Morgan fingerprint density at radius 2 is 0.400 bits per heavy atom. The monoisotopic (exact) mass is 371 g/mol. The first-order chi connectivity index (χ1) is 0. The molecule has 5 heavy (non-hydrogen) atoms. The molecule has 0 amide bonds. The topological polar surface area (TPSA) is 0 Å². The molecule has 0 aliphatic heterocycles. The molecule has 0 nitrogen and oxygen atoms in total. The average Bonchev–Trinajstić information content (AvgIpc) is 0. The van der Waals surface area contributed by atoms with Gasteiger partial charge in [-0.15, -0.1) is 67.9 Å². The van der Waals surface area contributed by atoms with Gasteiger partial charge >= 0.3 is 0 Å². The van der Waals surface area contributed by atoms with Gasteiger partial charge in [-0.05, 0) is 0 Å². The summed E-state index contributed by atoms with van der Waals surface area (Å²) in [7, 11) is 0. The zero-order chi connectivity index (χ0) is 0. The van der Waals surface area contributed by atoms with E-state index in [2.05, 4.69) is 0 Å². The van der Waals surface area contributed by atoms with Crippen molar-refractivity contribution in [2.24, 2.45) is 0 Å². The normalized spacial score (nSPS) is 0. The molecule has 0 aliphatic carbocycles. The zero-order valence-electron chi connectivity index (χ0n) is 2.08. The molecule has 0 spiro atoms. The molecule has 1 radical (unpaired) electrons. The van der Waals surface area contributed by atoms with Crippen molar-refractivity contribution in [3.05, 3.63) is 0 Å². The van der Waals surface area contributed by atoms with E-state index in [1.807, 2.05) is 0 Å². The Balaban J connectivity index is 0. The van der Waals surface area contributed by atoms with Gasteiger partial charge in [0.25, 0.3) is 0 Å². The van der Waals surface area contributed by atoms with Gasteiger partial charge in [-0.3, -0.25) is 0 Å². The van der Waals surface area contributed by atoms with E-state index in [0.29, 0.717) is 0 Å². The van der Waals surface area contributed by atoms with Gasteiger partial charge in [0, 0.05) is 18.6 Å². The Kier molecular flexibility index (Phi) is 318. The van der Waals surface area contributed by atoms with Gasteiger partial charge < -0.3 is 0 Å². The van der Waals surface area contributed by atoms with Crippen LogP contribution in [-0.2, 0) is 18.6 Å². The van der Waals surface area contributed by atoms with Crippen molar-refractivity contribution in [1.82, 2.24) is 0 Å². The van der Waals surface area contributed by atoms with E-state index in [4.69, 9.17) is 0 Å². The van der Waals surface area contributed by atoms with E-state index in [1.54, 1.807) is 0 Å². The van der Waals surface area contributed by atoms with E-state index in [-0.39, 0.29) is 86.5 Å². The summed E-state index contributed by atoms with van der Waals surface area (Å²) in [4.78, 5) is 0. The predicted molar refractivity (Wildman–Crippen MR) is 41.3 cm³/mol. The quantitative estimate of drug-likeness (QED) is 0.610. The molecular formula is H4Br4V. The molecule has 5 heteroatoms. The summed E-state index contributed by atoms with van der Waals surface area (Å²) in [6, 6.07) is 0. The first-order valence-electron chi connectivity index (χ1n) is 0. The molecular weight excluding hydrogens is 371 g/mol. The molecule has 0 aromatic rings. The number of rotatable bonds is 0. The molecule has 0 saturated carbocycles. The van der Waals surface area contributed by atoms with E-state index < -0.39 is 0 Å². The number of halogens is 4. The maximum absolute atomic E-state index is 0. The number of hydrogen-bond donors (Lipinski definition) is 0. The summed E-state index contributed by atoms with van der Waals surface area (Å²) >= 11 is 0. The Morgan fingerprint density at radius 1 is 0.400 bits per heavy atom. The van der Waals surface area contributed by atoms with Gasteiger partial charge in [-0.2, -0.15) is 0 Å². The molecule has 37 valence electrons. The fourth-order valence-corrected chi connectivity index (χ4v) is 0. The molecule has 0 atom stereocenters. The summed E-state index contributed by atoms with van der Waals surface area (Å²) in [6.45, 7) is 0. The minimum atomic E-state index is 0. The van der Waals surface area contributed by atoms with Crippen molar-refractivity contribution in [1.29, 1.82) is 0 Å². The van der Waals surface area contributed by atoms with Gasteiger partial charge in [-0.1, -0.05) is 0 Å². The third-order valence-electron chi connectivity index (χ3n) is 0. The maximum Gasteiger partial charge on any atom is 0 e. The number of hydrogen-bond acceptors (Lipinski definition) is 0. The van der Waals surface area contributed by atoms with Gasteiger partial charge in [0.15, 0.2) is 0 Å². The summed E-state index contributed by atoms with van der Waals surface area (Å²) in [5.74, 6) is 0. The van der Waals surface area contributed by atoms with Crippen LogP contribution in [0.4, 0.5) is 0 Å². The molecule has 0 fully saturated rings. The second kappa shape index (κ2) is 31.4.